The van der Waals surface area contributed by atoms with Crippen molar-refractivity contribution >= 4 is 5.91 Å². The van der Waals surface area contributed by atoms with Crippen molar-refractivity contribution < 1.29 is 9.53 Å². The maximum atomic E-state index is 11.8. The number of likely N-dealkylation sites (tertiary alicyclic amines) is 1. The monoisotopic (exact) mass is 292 g/mol. The Morgan fingerprint density at radius 2 is 2.43 bits per heavy atom. The highest BCUT2D eigenvalue weighted by Gasteiger charge is 2.28. The molecule has 1 saturated heterocycles. The van der Waals surface area contributed by atoms with Gasteiger partial charge in [-0.2, -0.15) is 0 Å². The molecule has 1 amide bonds. The second kappa shape index (κ2) is 7.47. The molecule has 1 aromatic heterocycles. The predicted molar refractivity (Wildman–Crippen MR) is 79.8 cm³/mol. The average molecular weight is 292 g/mol. The second-order valence-electron chi connectivity index (χ2n) is 5.46. The van der Waals surface area contributed by atoms with Crippen LogP contribution in [0, 0.1) is 0 Å². The SMILES string of the molecule is CNC(=O)[C@@H](C)N1CCC[C@H](c2ccnc(COC)n2)C1. The quantitative estimate of drug-likeness (QED) is 0.874. The van der Waals surface area contributed by atoms with Gasteiger partial charge in [0.1, 0.15) is 6.61 Å². The molecule has 21 heavy (non-hydrogen) atoms. The number of hydrogen-bond donors (Lipinski definition) is 1. The number of nitrogens with zero attached hydrogens (tertiary/aromatic N) is 3. The van der Waals surface area contributed by atoms with Crippen LogP contribution in [0.5, 0.6) is 0 Å². The molecule has 116 valence electrons. The molecule has 2 rings (SSSR count). The number of likely N-dealkylation sites (N-methyl/N-ethyl adjacent to an activating group) is 1. The molecule has 0 saturated carbocycles. The van der Waals surface area contributed by atoms with E-state index in [2.05, 4.69) is 20.2 Å². The van der Waals surface area contributed by atoms with Crippen LogP contribution in [0.2, 0.25) is 0 Å². The minimum atomic E-state index is -0.0990. The van der Waals surface area contributed by atoms with E-state index in [0.717, 1.165) is 31.6 Å². The highest BCUT2D eigenvalue weighted by molar-refractivity contribution is 5.80. The van der Waals surface area contributed by atoms with Crippen molar-refractivity contribution in [2.75, 3.05) is 27.2 Å². The number of rotatable bonds is 5. The zero-order valence-corrected chi connectivity index (χ0v) is 13.0. The fraction of sp³-hybridized carbons (Fsp3) is 0.667. The van der Waals surface area contributed by atoms with E-state index in [0.29, 0.717) is 18.3 Å². The number of nitrogens with one attached hydrogen (secondary N) is 1. The third-order valence-corrected chi connectivity index (χ3v) is 4.05. The lowest BCUT2D eigenvalue weighted by atomic mass is 9.93. The van der Waals surface area contributed by atoms with Crippen LogP contribution >= 0.6 is 0 Å². The van der Waals surface area contributed by atoms with Crippen LogP contribution < -0.4 is 5.32 Å². The lowest BCUT2D eigenvalue weighted by molar-refractivity contribution is -0.125. The van der Waals surface area contributed by atoms with E-state index in [1.165, 1.54) is 0 Å². The van der Waals surface area contributed by atoms with Crippen molar-refractivity contribution in [1.82, 2.24) is 20.2 Å². The maximum absolute atomic E-state index is 11.8. The molecule has 1 fully saturated rings. The summed E-state index contributed by atoms with van der Waals surface area (Å²) in [6, 6.07) is 1.87. The van der Waals surface area contributed by atoms with E-state index in [1.807, 2.05) is 13.0 Å². The standard InChI is InChI=1S/C15H24N4O2/c1-11(15(20)16-2)19-8-4-5-12(9-19)13-6-7-17-14(18-13)10-21-3/h6-7,11-12H,4-5,8-10H2,1-3H3,(H,16,20)/t11-,12+/m1/s1. The largest absolute Gasteiger partial charge is 0.377 e. The first kappa shape index (κ1) is 15.9. The van der Waals surface area contributed by atoms with Gasteiger partial charge in [-0.25, -0.2) is 9.97 Å². The topological polar surface area (TPSA) is 67.4 Å². The summed E-state index contributed by atoms with van der Waals surface area (Å²) in [5.41, 5.74) is 1.05. The Bertz CT molecular complexity index is 480. The summed E-state index contributed by atoms with van der Waals surface area (Å²) < 4.78 is 5.09. The summed E-state index contributed by atoms with van der Waals surface area (Å²) in [6.07, 6.45) is 3.97. The molecule has 2 heterocycles. The molecule has 1 N–H and O–H groups in total. The lowest BCUT2D eigenvalue weighted by Gasteiger charge is -2.35. The average Bonchev–Trinajstić information content (AvgIpc) is 2.54. The minimum absolute atomic E-state index is 0.0680. The van der Waals surface area contributed by atoms with E-state index in [4.69, 9.17) is 4.74 Å². The lowest BCUT2D eigenvalue weighted by Crippen LogP contribution is -2.48. The molecule has 0 aliphatic carbocycles. The van der Waals surface area contributed by atoms with Gasteiger partial charge in [0.25, 0.3) is 0 Å². The zero-order chi connectivity index (χ0) is 15.2. The van der Waals surface area contributed by atoms with Crippen LogP contribution in [0.25, 0.3) is 0 Å². The van der Waals surface area contributed by atoms with Crippen LogP contribution in [-0.4, -0.2) is 54.1 Å². The third kappa shape index (κ3) is 3.98. The summed E-state index contributed by atoms with van der Waals surface area (Å²) >= 11 is 0. The number of amides is 1. The first-order chi connectivity index (χ1) is 10.2. The molecular formula is C15H24N4O2. The van der Waals surface area contributed by atoms with Crippen LogP contribution in [-0.2, 0) is 16.1 Å². The van der Waals surface area contributed by atoms with Gasteiger partial charge in [0.05, 0.1) is 6.04 Å². The van der Waals surface area contributed by atoms with Crippen LogP contribution in [0.3, 0.4) is 0 Å². The van der Waals surface area contributed by atoms with Gasteiger partial charge < -0.3 is 10.1 Å². The number of ether oxygens (including phenoxy) is 1. The predicted octanol–water partition coefficient (Wildman–Crippen LogP) is 0.937. The second-order valence-corrected chi connectivity index (χ2v) is 5.46. The normalized spacial score (nSPS) is 21.0. The summed E-state index contributed by atoms with van der Waals surface area (Å²) in [7, 11) is 3.32. The fourth-order valence-corrected chi connectivity index (χ4v) is 2.82. The summed E-state index contributed by atoms with van der Waals surface area (Å²) in [5, 5.41) is 2.72. The van der Waals surface area contributed by atoms with Crippen LogP contribution in [0.15, 0.2) is 12.3 Å². The van der Waals surface area contributed by atoms with Gasteiger partial charge in [0, 0.05) is 38.5 Å². The smallest absolute Gasteiger partial charge is 0.236 e. The fourth-order valence-electron chi connectivity index (χ4n) is 2.82. The Morgan fingerprint density at radius 1 is 1.62 bits per heavy atom. The summed E-state index contributed by atoms with van der Waals surface area (Å²) in [4.78, 5) is 22.8. The minimum Gasteiger partial charge on any atom is -0.377 e. The first-order valence-electron chi connectivity index (χ1n) is 7.42. The van der Waals surface area contributed by atoms with Gasteiger partial charge in [-0.15, -0.1) is 0 Å². The van der Waals surface area contributed by atoms with E-state index >= 15 is 0 Å². The summed E-state index contributed by atoms with van der Waals surface area (Å²) in [5.74, 6) is 1.13. The van der Waals surface area contributed by atoms with Crippen molar-refractivity contribution in [2.45, 2.75) is 38.3 Å². The Balaban J connectivity index is 2.06. The van der Waals surface area contributed by atoms with E-state index < -0.39 is 0 Å². The van der Waals surface area contributed by atoms with Crippen molar-refractivity contribution in [3.8, 4) is 0 Å². The molecule has 1 aliphatic heterocycles. The van der Waals surface area contributed by atoms with E-state index in [1.54, 1.807) is 20.4 Å². The number of hydrogen-bond acceptors (Lipinski definition) is 5. The molecule has 6 heteroatoms. The van der Waals surface area contributed by atoms with E-state index in [9.17, 15) is 4.79 Å². The molecule has 0 bridgehead atoms. The van der Waals surface area contributed by atoms with E-state index in [-0.39, 0.29) is 11.9 Å². The highest BCUT2D eigenvalue weighted by Crippen LogP contribution is 2.26. The Labute approximate surface area is 125 Å². The maximum Gasteiger partial charge on any atom is 0.236 e. The molecule has 0 radical (unpaired) electrons. The van der Waals surface area contributed by atoms with Crippen molar-refractivity contribution in [2.24, 2.45) is 0 Å². The first-order valence-corrected chi connectivity index (χ1v) is 7.42. The number of carbonyl (C=O) groups excluding carboxylic acids is 1. The summed E-state index contributed by atoms with van der Waals surface area (Å²) in [6.45, 7) is 4.20. The third-order valence-electron chi connectivity index (χ3n) is 4.05. The Kier molecular flexibility index (Phi) is 5.64. The Morgan fingerprint density at radius 3 is 3.14 bits per heavy atom. The van der Waals surface area contributed by atoms with Crippen molar-refractivity contribution in [3.63, 3.8) is 0 Å². The van der Waals surface area contributed by atoms with Gasteiger partial charge in [-0.05, 0) is 32.4 Å². The molecule has 2 atom stereocenters. The van der Waals surface area contributed by atoms with Gasteiger partial charge in [0.2, 0.25) is 5.91 Å². The Hall–Kier alpha value is -1.53. The molecule has 0 unspecified atom stereocenters. The molecule has 1 aliphatic rings. The number of methoxy groups -OCH3 is 1. The number of carbonyl (C=O) groups is 1. The van der Waals surface area contributed by atoms with Crippen LogP contribution in [0.1, 0.15) is 37.2 Å². The molecule has 1 aromatic rings. The molecular weight excluding hydrogens is 268 g/mol. The van der Waals surface area contributed by atoms with Gasteiger partial charge in [-0.1, -0.05) is 0 Å². The van der Waals surface area contributed by atoms with Crippen molar-refractivity contribution in [1.29, 1.82) is 0 Å². The van der Waals surface area contributed by atoms with Gasteiger partial charge in [-0.3, -0.25) is 9.69 Å². The number of piperidine rings is 1. The van der Waals surface area contributed by atoms with Gasteiger partial charge >= 0.3 is 0 Å². The molecule has 0 spiro atoms. The van der Waals surface area contributed by atoms with Crippen LogP contribution in [0.4, 0.5) is 0 Å². The van der Waals surface area contributed by atoms with Gasteiger partial charge in [0.15, 0.2) is 5.82 Å². The zero-order valence-electron chi connectivity index (χ0n) is 13.0. The number of aromatic nitrogens is 2. The highest BCUT2D eigenvalue weighted by atomic mass is 16.5. The van der Waals surface area contributed by atoms with Crippen molar-refractivity contribution in [3.05, 3.63) is 23.8 Å². The molecule has 0 aromatic carbocycles. The molecule has 6 nitrogen and oxygen atoms in total.